The van der Waals surface area contributed by atoms with Gasteiger partial charge in [0.25, 0.3) is 0 Å². The van der Waals surface area contributed by atoms with Crippen molar-refractivity contribution >= 4 is 0 Å². The highest BCUT2D eigenvalue weighted by Crippen LogP contribution is 2.45. The fraction of sp³-hybridized carbons (Fsp3) is 0.778. The molecule has 9 unspecified atom stereocenters. The normalized spacial score (nSPS) is 42.4. The van der Waals surface area contributed by atoms with E-state index >= 15 is 0 Å². The fourth-order valence-corrected chi connectivity index (χ4v) is 7.10. The molecule has 0 radical (unpaired) electrons. The van der Waals surface area contributed by atoms with Gasteiger partial charge in [-0.3, -0.25) is 0 Å². The lowest BCUT2D eigenvalue weighted by Crippen LogP contribution is -2.29. The van der Waals surface area contributed by atoms with Crippen LogP contribution in [-0.2, 0) is 29.3 Å². The van der Waals surface area contributed by atoms with Crippen LogP contribution in [0.25, 0.3) is 0 Å². The van der Waals surface area contributed by atoms with E-state index in [2.05, 4.69) is 36.5 Å². The van der Waals surface area contributed by atoms with Gasteiger partial charge in [-0.2, -0.15) is 0 Å². The van der Waals surface area contributed by atoms with Crippen LogP contribution < -0.4 is 0 Å². The lowest BCUT2D eigenvalue weighted by atomic mass is 9.95. The van der Waals surface area contributed by atoms with Gasteiger partial charge in [0.05, 0.1) is 19.8 Å². The molecule has 33 heavy (non-hydrogen) atoms. The molecule has 6 aliphatic carbocycles. The predicted molar refractivity (Wildman–Crippen MR) is 121 cm³/mol. The van der Waals surface area contributed by atoms with E-state index in [9.17, 15) is 0 Å². The number of allylic oxidation sites excluding steroid dienone is 6. The maximum Gasteiger partial charge on any atom is 0.146 e. The molecule has 0 N–H and O–H groups in total. The second kappa shape index (κ2) is 10.3. The lowest BCUT2D eigenvalue weighted by Gasteiger charge is -2.22. The molecule has 0 amide bonds. The minimum atomic E-state index is -0.390. The van der Waals surface area contributed by atoms with E-state index in [0.29, 0.717) is 55.3 Å². The molecule has 6 bridgehead atoms. The van der Waals surface area contributed by atoms with Crippen LogP contribution in [0, 0.1) is 53.3 Å². The van der Waals surface area contributed by atoms with E-state index in [-0.39, 0.29) is 19.3 Å². The van der Waals surface area contributed by atoms with Crippen molar-refractivity contribution in [2.45, 2.75) is 44.6 Å². The van der Waals surface area contributed by atoms with Crippen LogP contribution in [0.1, 0.15) is 38.5 Å². The first-order valence-corrected chi connectivity index (χ1v) is 13.1. The number of rotatable bonds is 14. The average Bonchev–Trinajstić information content (AvgIpc) is 3.66. The van der Waals surface area contributed by atoms with Gasteiger partial charge in [0.1, 0.15) is 19.3 Å². The molecule has 6 nitrogen and oxygen atoms in total. The molecule has 0 saturated heterocycles. The molecule has 0 aromatic heterocycles. The Labute approximate surface area is 197 Å². The zero-order valence-electron chi connectivity index (χ0n) is 19.5. The van der Waals surface area contributed by atoms with Crippen LogP contribution in [0.5, 0.6) is 0 Å². The van der Waals surface area contributed by atoms with Crippen LogP contribution in [0.3, 0.4) is 0 Å². The Morgan fingerprint density at radius 3 is 1.27 bits per heavy atom. The van der Waals surface area contributed by atoms with E-state index in [1.54, 1.807) is 0 Å². The molecule has 0 aromatic carbocycles. The van der Waals surface area contributed by atoms with Gasteiger partial charge in [0.15, 0.2) is 0 Å². The summed E-state index contributed by atoms with van der Waals surface area (Å²) in [5, 5.41) is 0. The van der Waals surface area contributed by atoms with Crippen LogP contribution >= 0.6 is 0 Å². The van der Waals surface area contributed by atoms with Crippen molar-refractivity contribution in [1.29, 1.82) is 0 Å². The molecule has 6 aliphatic rings. The molecule has 3 saturated carbocycles. The molecule has 9 atom stereocenters. The van der Waals surface area contributed by atoms with E-state index in [1.807, 2.05) is 0 Å². The van der Waals surface area contributed by atoms with Crippen molar-refractivity contribution in [3.8, 4) is 0 Å². The van der Waals surface area contributed by atoms with Gasteiger partial charge >= 0.3 is 0 Å². The molecular formula is C27H38O6. The van der Waals surface area contributed by atoms with Crippen LogP contribution in [0.4, 0.5) is 0 Å². The minimum absolute atomic E-state index is 0.257. The molecule has 0 spiro atoms. The van der Waals surface area contributed by atoms with Crippen molar-refractivity contribution in [3.63, 3.8) is 0 Å². The molecular weight excluding hydrogens is 420 g/mol. The standard InChI is InChI=1S/C27H38O6/c1-4-21-7-18(1)10-24(21)13-28-30-16-27(33-32-15-26-12-20-3-6-23(26)9-20)17-31-29-14-25-11-19-2-5-22(25)8-19/h1-6,18-27H,7-17H2. The van der Waals surface area contributed by atoms with Crippen molar-refractivity contribution in [2.75, 3.05) is 33.0 Å². The Bertz CT molecular complexity index is 707. The summed E-state index contributed by atoms with van der Waals surface area (Å²) in [6, 6.07) is 0. The predicted octanol–water partition coefficient (Wildman–Crippen LogP) is 4.84. The van der Waals surface area contributed by atoms with Crippen molar-refractivity contribution in [1.82, 2.24) is 0 Å². The van der Waals surface area contributed by atoms with Crippen molar-refractivity contribution < 1.29 is 29.3 Å². The molecule has 0 aliphatic heterocycles. The number of hydrogen-bond acceptors (Lipinski definition) is 6. The van der Waals surface area contributed by atoms with Crippen LogP contribution in [0.2, 0.25) is 0 Å². The average molecular weight is 459 g/mol. The third-order valence-electron chi connectivity index (χ3n) is 8.97. The lowest BCUT2D eigenvalue weighted by molar-refractivity contribution is -0.397. The zero-order chi connectivity index (χ0) is 22.0. The molecule has 0 aromatic rings. The summed E-state index contributed by atoms with van der Waals surface area (Å²) in [7, 11) is 0. The third kappa shape index (κ3) is 5.31. The van der Waals surface area contributed by atoms with Crippen molar-refractivity contribution in [3.05, 3.63) is 36.5 Å². The molecule has 3 fully saturated rings. The van der Waals surface area contributed by atoms with E-state index in [0.717, 1.165) is 17.8 Å². The summed E-state index contributed by atoms with van der Waals surface area (Å²) in [6.45, 7) is 2.39. The van der Waals surface area contributed by atoms with Gasteiger partial charge in [-0.05, 0) is 91.8 Å². The van der Waals surface area contributed by atoms with E-state index in [4.69, 9.17) is 29.3 Å². The van der Waals surface area contributed by atoms with Gasteiger partial charge in [-0.1, -0.05) is 36.5 Å². The second-order valence-corrected chi connectivity index (χ2v) is 11.3. The monoisotopic (exact) mass is 458 g/mol. The highest BCUT2D eigenvalue weighted by Gasteiger charge is 2.37. The highest BCUT2D eigenvalue weighted by molar-refractivity contribution is 5.11. The quantitative estimate of drug-likeness (QED) is 0.161. The Morgan fingerprint density at radius 1 is 0.485 bits per heavy atom. The summed E-state index contributed by atoms with van der Waals surface area (Å²) in [6.07, 6.45) is 21.1. The maximum atomic E-state index is 5.70. The first kappa shape index (κ1) is 22.4. The summed E-state index contributed by atoms with van der Waals surface area (Å²) in [5.41, 5.74) is 0. The first-order valence-electron chi connectivity index (χ1n) is 13.1. The van der Waals surface area contributed by atoms with Gasteiger partial charge in [-0.25, -0.2) is 29.3 Å². The molecule has 6 heteroatoms. The fourth-order valence-electron chi connectivity index (χ4n) is 7.10. The summed E-state index contributed by atoms with van der Waals surface area (Å²) >= 11 is 0. The molecule has 0 heterocycles. The first-order chi connectivity index (χ1) is 16.3. The van der Waals surface area contributed by atoms with Gasteiger partial charge in [0.2, 0.25) is 0 Å². The molecule has 182 valence electrons. The van der Waals surface area contributed by atoms with E-state index in [1.165, 1.54) is 38.5 Å². The maximum absolute atomic E-state index is 5.70. The Morgan fingerprint density at radius 2 is 0.909 bits per heavy atom. The van der Waals surface area contributed by atoms with Gasteiger partial charge in [-0.15, -0.1) is 0 Å². The summed E-state index contributed by atoms with van der Waals surface area (Å²) < 4.78 is 0. The van der Waals surface area contributed by atoms with Crippen molar-refractivity contribution in [2.24, 2.45) is 53.3 Å². The Balaban J connectivity index is 0.904. The summed E-state index contributed by atoms with van der Waals surface area (Å²) in [4.78, 5) is 33.5. The third-order valence-corrected chi connectivity index (χ3v) is 8.97. The van der Waals surface area contributed by atoms with Crippen LogP contribution in [0.15, 0.2) is 36.5 Å². The second-order valence-electron chi connectivity index (χ2n) is 11.3. The smallest absolute Gasteiger partial charge is 0.146 e. The largest absolute Gasteiger partial charge is 0.236 e. The topological polar surface area (TPSA) is 55.4 Å². The van der Waals surface area contributed by atoms with Gasteiger partial charge < -0.3 is 0 Å². The zero-order valence-corrected chi connectivity index (χ0v) is 19.5. The SMILES string of the molecule is C1=CC2CC1CC2COOCC(COOCC1CC2C=CC1C2)OOCC1CC2C=CC1C2. The Kier molecular flexibility index (Phi) is 7.01. The highest BCUT2D eigenvalue weighted by atomic mass is 17.2. The van der Waals surface area contributed by atoms with Gasteiger partial charge in [0, 0.05) is 0 Å². The number of fused-ring (bicyclic) bond motifs is 6. The number of hydrogen-bond donors (Lipinski definition) is 0. The summed E-state index contributed by atoms with van der Waals surface area (Å²) in [5.74, 6) is 5.84. The Hall–Kier alpha value is -1.02. The molecule has 6 rings (SSSR count). The van der Waals surface area contributed by atoms with E-state index < -0.39 is 0 Å². The van der Waals surface area contributed by atoms with Crippen LogP contribution in [-0.4, -0.2) is 39.1 Å². The minimum Gasteiger partial charge on any atom is -0.236 e.